The minimum atomic E-state index is 0.129. The fourth-order valence-electron chi connectivity index (χ4n) is 3.36. The van der Waals surface area contributed by atoms with E-state index in [1.807, 2.05) is 24.1 Å². The predicted molar refractivity (Wildman–Crippen MR) is 92.6 cm³/mol. The van der Waals surface area contributed by atoms with Gasteiger partial charge < -0.3 is 15.1 Å². The van der Waals surface area contributed by atoms with Crippen molar-refractivity contribution in [1.82, 2.24) is 20.0 Å². The van der Waals surface area contributed by atoms with Crippen molar-refractivity contribution in [2.24, 2.45) is 0 Å². The third-order valence-corrected chi connectivity index (χ3v) is 5.11. The van der Waals surface area contributed by atoms with Gasteiger partial charge in [0.05, 0.1) is 0 Å². The highest BCUT2D eigenvalue weighted by atomic mass is 16.2. The van der Waals surface area contributed by atoms with Crippen LogP contribution in [0.3, 0.4) is 0 Å². The van der Waals surface area contributed by atoms with Crippen LogP contribution >= 0.6 is 0 Å². The number of carbonyl (C=O) groups excluding carboxylic acids is 1. The van der Waals surface area contributed by atoms with Gasteiger partial charge >= 0.3 is 0 Å². The molecule has 5 nitrogen and oxygen atoms in total. The molecule has 1 N–H and O–H groups in total. The SMILES string of the molecule is CN1CCN(Cc2ccc(C(=O)N(C)C3CCNC3)cc2)CC1. The van der Waals surface area contributed by atoms with Crippen molar-refractivity contribution >= 4 is 5.91 Å². The number of hydrogen-bond donors (Lipinski definition) is 1. The molecule has 23 heavy (non-hydrogen) atoms. The van der Waals surface area contributed by atoms with Gasteiger partial charge in [0.25, 0.3) is 5.91 Å². The Labute approximate surface area is 139 Å². The monoisotopic (exact) mass is 316 g/mol. The lowest BCUT2D eigenvalue weighted by Gasteiger charge is -2.32. The van der Waals surface area contributed by atoms with Crippen LogP contribution in [0.25, 0.3) is 0 Å². The summed E-state index contributed by atoms with van der Waals surface area (Å²) >= 11 is 0. The molecule has 0 aromatic heterocycles. The van der Waals surface area contributed by atoms with Gasteiger partial charge in [-0.2, -0.15) is 0 Å². The van der Waals surface area contributed by atoms with E-state index in [-0.39, 0.29) is 5.91 Å². The molecule has 0 aliphatic carbocycles. The van der Waals surface area contributed by atoms with Crippen LogP contribution in [0.4, 0.5) is 0 Å². The van der Waals surface area contributed by atoms with Crippen LogP contribution in [0.2, 0.25) is 0 Å². The maximum absolute atomic E-state index is 12.6. The van der Waals surface area contributed by atoms with E-state index < -0.39 is 0 Å². The Morgan fingerprint density at radius 2 is 1.91 bits per heavy atom. The first-order valence-corrected chi connectivity index (χ1v) is 8.61. The molecule has 0 radical (unpaired) electrons. The van der Waals surface area contributed by atoms with Gasteiger partial charge in [-0.25, -0.2) is 0 Å². The minimum absolute atomic E-state index is 0.129. The van der Waals surface area contributed by atoms with Crippen LogP contribution in [-0.4, -0.2) is 80.0 Å². The molecule has 0 saturated carbocycles. The smallest absolute Gasteiger partial charge is 0.253 e. The number of carbonyl (C=O) groups is 1. The predicted octanol–water partition coefficient (Wildman–Crippen LogP) is 0.868. The number of hydrogen-bond acceptors (Lipinski definition) is 4. The Hall–Kier alpha value is -1.43. The van der Waals surface area contributed by atoms with Crippen LogP contribution in [0.1, 0.15) is 22.3 Å². The number of likely N-dealkylation sites (N-methyl/N-ethyl adjacent to an activating group) is 2. The second kappa shape index (κ2) is 7.43. The van der Waals surface area contributed by atoms with E-state index in [0.717, 1.165) is 57.8 Å². The summed E-state index contributed by atoms with van der Waals surface area (Å²) in [4.78, 5) is 19.3. The highest BCUT2D eigenvalue weighted by Gasteiger charge is 2.24. The zero-order valence-electron chi connectivity index (χ0n) is 14.3. The average molecular weight is 316 g/mol. The molecule has 0 spiro atoms. The number of piperazine rings is 1. The van der Waals surface area contributed by atoms with Gasteiger partial charge in [0, 0.05) is 57.9 Å². The lowest BCUT2D eigenvalue weighted by Crippen LogP contribution is -2.43. The second-order valence-electron chi connectivity index (χ2n) is 6.84. The van der Waals surface area contributed by atoms with Crippen molar-refractivity contribution in [3.8, 4) is 0 Å². The van der Waals surface area contributed by atoms with Crippen LogP contribution in [0.15, 0.2) is 24.3 Å². The van der Waals surface area contributed by atoms with E-state index in [2.05, 4.69) is 34.3 Å². The molecule has 2 aliphatic rings. The molecular formula is C18H28N4O. The summed E-state index contributed by atoms with van der Waals surface area (Å²) in [6, 6.07) is 8.49. The van der Waals surface area contributed by atoms with E-state index in [9.17, 15) is 4.79 Å². The third kappa shape index (κ3) is 4.10. The summed E-state index contributed by atoms with van der Waals surface area (Å²) in [5.41, 5.74) is 2.08. The molecule has 1 unspecified atom stereocenters. The summed E-state index contributed by atoms with van der Waals surface area (Å²) in [7, 11) is 4.09. The molecule has 2 fully saturated rings. The van der Waals surface area contributed by atoms with Gasteiger partial charge in [-0.15, -0.1) is 0 Å². The van der Waals surface area contributed by atoms with Crippen molar-refractivity contribution in [3.05, 3.63) is 35.4 Å². The Balaban J connectivity index is 1.57. The van der Waals surface area contributed by atoms with Gasteiger partial charge in [0.2, 0.25) is 0 Å². The van der Waals surface area contributed by atoms with Crippen molar-refractivity contribution in [1.29, 1.82) is 0 Å². The highest BCUT2D eigenvalue weighted by molar-refractivity contribution is 5.94. The fraction of sp³-hybridized carbons (Fsp3) is 0.611. The topological polar surface area (TPSA) is 38.8 Å². The van der Waals surface area contributed by atoms with Gasteiger partial charge in [0.1, 0.15) is 0 Å². The summed E-state index contributed by atoms with van der Waals surface area (Å²) in [5.74, 6) is 0.129. The Kier molecular flexibility index (Phi) is 5.30. The first-order valence-electron chi connectivity index (χ1n) is 8.61. The van der Waals surface area contributed by atoms with E-state index in [1.165, 1.54) is 5.56 Å². The Morgan fingerprint density at radius 3 is 2.52 bits per heavy atom. The van der Waals surface area contributed by atoms with Crippen LogP contribution in [-0.2, 0) is 6.54 Å². The Bertz CT molecular complexity index is 516. The van der Waals surface area contributed by atoms with Gasteiger partial charge in [-0.05, 0) is 37.7 Å². The maximum atomic E-state index is 12.6. The maximum Gasteiger partial charge on any atom is 0.253 e. The normalized spacial score (nSPS) is 23.1. The summed E-state index contributed by atoms with van der Waals surface area (Å²) in [6.07, 6.45) is 1.05. The first-order chi connectivity index (χ1) is 11.1. The molecule has 1 aromatic rings. The molecule has 5 heteroatoms. The molecule has 2 aliphatic heterocycles. The summed E-state index contributed by atoms with van der Waals surface area (Å²) in [5, 5.41) is 3.31. The molecule has 2 heterocycles. The third-order valence-electron chi connectivity index (χ3n) is 5.11. The largest absolute Gasteiger partial charge is 0.337 e. The Morgan fingerprint density at radius 1 is 1.22 bits per heavy atom. The minimum Gasteiger partial charge on any atom is -0.337 e. The first kappa shape index (κ1) is 16.4. The van der Waals surface area contributed by atoms with Crippen LogP contribution < -0.4 is 5.32 Å². The van der Waals surface area contributed by atoms with Crippen molar-refractivity contribution in [3.63, 3.8) is 0 Å². The number of nitrogens with zero attached hydrogens (tertiary/aromatic N) is 3. The van der Waals surface area contributed by atoms with Crippen molar-refractivity contribution in [2.75, 3.05) is 53.4 Å². The number of rotatable bonds is 4. The standard InChI is InChI=1S/C18H28N4O/c1-20-9-11-22(12-10-20)14-15-3-5-16(6-4-15)18(23)21(2)17-7-8-19-13-17/h3-6,17,19H,7-14H2,1-2H3. The number of nitrogens with one attached hydrogen (secondary N) is 1. The van der Waals surface area contributed by atoms with Crippen LogP contribution in [0.5, 0.6) is 0 Å². The van der Waals surface area contributed by atoms with Gasteiger partial charge in [-0.3, -0.25) is 9.69 Å². The zero-order valence-corrected chi connectivity index (χ0v) is 14.3. The van der Waals surface area contributed by atoms with Crippen molar-refractivity contribution < 1.29 is 4.79 Å². The van der Waals surface area contributed by atoms with Crippen LogP contribution in [0, 0.1) is 0 Å². The van der Waals surface area contributed by atoms with E-state index in [1.54, 1.807) is 0 Å². The lowest BCUT2D eigenvalue weighted by molar-refractivity contribution is 0.0743. The molecule has 1 aromatic carbocycles. The summed E-state index contributed by atoms with van der Waals surface area (Å²) < 4.78 is 0. The summed E-state index contributed by atoms with van der Waals surface area (Å²) in [6.45, 7) is 7.40. The van der Waals surface area contributed by atoms with Gasteiger partial charge in [-0.1, -0.05) is 12.1 Å². The molecule has 0 bridgehead atoms. The molecule has 3 rings (SSSR count). The van der Waals surface area contributed by atoms with E-state index in [0.29, 0.717) is 6.04 Å². The van der Waals surface area contributed by atoms with E-state index in [4.69, 9.17) is 0 Å². The van der Waals surface area contributed by atoms with Crippen molar-refractivity contribution in [2.45, 2.75) is 19.0 Å². The lowest BCUT2D eigenvalue weighted by atomic mass is 10.1. The zero-order chi connectivity index (χ0) is 16.2. The fourth-order valence-corrected chi connectivity index (χ4v) is 3.36. The number of benzene rings is 1. The molecule has 1 amide bonds. The molecule has 2 saturated heterocycles. The number of amides is 1. The quantitative estimate of drug-likeness (QED) is 0.895. The average Bonchev–Trinajstić information content (AvgIpc) is 3.11. The van der Waals surface area contributed by atoms with Gasteiger partial charge in [0.15, 0.2) is 0 Å². The second-order valence-corrected chi connectivity index (χ2v) is 6.84. The molecular weight excluding hydrogens is 288 g/mol. The highest BCUT2D eigenvalue weighted by Crippen LogP contribution is 2.14. The van der Waals surface area contributed by atoms with E-state index >= 15 is 0 Å². The molecule has 126 valence electrons. The molecule has 1 atom stereocenters.